The summed E-state index contributed by atoms with van der Waals surface area (Å²) in [5.74, 6) is 2.28. The van der Waals surface area contributed by atoms with Crippen LogP contribution in [-0.2, 0) is 4.74 Å². The second-order valence-electron chi connectivity index (χ2n) is 6.93. The van der Waals surface area contributed by atoms with E-state index in [0.717, 1.165) is 44.9 Å². The van der Waals surface area contributed by atoms with Crippen molar-refractivity contribution in [2.45, 2.75) is 38.1 Å². The number of ether oxygens (including phenoxy) is 1. The molecule has 1 amide bonds. The van der Waals surface area contributed by atoms with E-state index in [4.69, 9.17) is 9.26 Å². The van der Waals surface area contributed by atoms with E-state index >= 15 is 0 Å². The molecule has 134 valence electrons. The molecule has 0 radical (unpaired) electrons. The van der Waals surface area contributed by atoms with Gasteiger partial charge in [-0.2, -0.15) is 0 Å². The third kappa shape index (κ3) is 4.11. The van der Waals surface area contributed by atoms with Gasteiger partial charge >= 0.3 is 0 Å². The number of carbonyl (C=O) groups excluding carboxylic acids is 1. The fourth-order valence-electron chi connectivity index (χ4n) is 3.28. The van der Waals surface area contributed by atoms with Crippen molar-refractivity contribution in [2.75, 3.05) is 25.1 Å². The van der Waals surface area contributed by atoms with Crippen LogP contribution in [0.2, 0.25) is 0 Å². The smallest absolute Gasteiger partial charge is 0.257 e. The maximum atomic E-state index is 12.3. The number of hydrogen-bond donors (Lipinski definition) is 2. The highest BCUT2D eigenvalue weighted by Crippen LogP contribution is 2.43. The van der Waals surface area contributed by atoms with Crippen molar-refractivity contribution in [3.63, 3.8) is 0 Å². The average molecular weight is 361 g/mol. The van der Waals surface area contributed by atoms with Crippen molar-refractivity contribution in [1.82, 2.24) is 10.5 Å². The Hall–Kier alpha value is -1.70. The molecule has 2 fully saturated rings. The Morgan fingerprint density at radius 3 is 2.96 bits per heavy atom. The average Bonchev–Trinajstić information content (AvgIpc) is 3.02. The van der Waals surface area contributed by atoms with Crippen LogP contribution in [0.15, 0.2) is 22.0 Å². The molecule has 1 saturated carbocycles. The molecule has 1 saturated heterocycles. The van der Waals surface area contributed by atoms with Gasteiger partial charge in [0.05, 0.1) is 5.56 Å². The molecule has 6 nitrogen and oxygen atoms in total. The number of aromatic nitrogens is 1. The Balaban J connectivity index is 1.27. The lowest BCUT2D eigenvalue weighted by molar-refractivity contribution is 0.0662. The number of nitrogens with zero attached hydrogens (tertiary/aromatic N) is 1. The predicted molar refractivity (Wildman–Crippen MR) is 96.2 cm³/mol. The largest absolute Gasteiger partial charge is 0.381 e. The maximum absolute atomic E-state index is 12.3. The number of thiophene rings is 1. The molecule has 0 spiro atoms. The zero-order valence-corrected chi connectivity index (χ0v) is 15.1. The summed E-state index contributed by atoms with van der Waals surface area (Å²) < 4.78 is 10.4. The number of nitrogens with one attached hydrogen (secondary N) is 2. The third-order valence-electron chi connectivity index (χ3n) is 4.92. The Labute approximate surface area is 150 Å². The van der Waals surface area contributed by atoms with Gasteiger partial charge in [-0.1, -0.05) is 5.16 Å². The van der Waals surface area contributed by atoms with Crippen LogP contribution < -0.4 is 10.6 Å². The first-order valence-electron chi connectivity index (χ1n) is 8.83. The summed E-state index contributed by atoms with van der Waals surface area (Å²) >= 11 is 1.66. The molecule has 4 rings (SSSR count). The monoisotopic (exact) mass is 361 g/mol. The van der Waals surface area contributed by atoms with Crippen LogP contribution >= 0.6 is 11.3 Å². The second-order valence-corrected chi connectivity index (χ2v) is 7.87. The zero-order chi connectivity index (χ0) is 17.2. The first-order valence-corrected chi connectivity index (χ1v) is 9.71. The van der Waals surface area contributed by atoms with E-state index in [9.17, 15) is 4.79 Å². The first-order chi connectivity index (χ1) is 12.2. The van der Waals surface area contributed by atoms with Gasteiger partial charge < -0.3 is 19.9 Å². The van der Waals surface area contributed by atoms with Crippen LogP contribution in [0.1, 0.15) is 46.2 Å². The second kappa shape index (κ2) is 7.27. The quantitative estimate of drug-likeness (QED) is 0.826. The Bertz CT molecular complexity index is 736. The van der Waals surface area contributed by atoms with Crippen molar-refractivity contribution in [1.29, 1.82) is 0 Å². The van der Waals surface area contributed by atoms with E-state index in [0.29, 0.717) is 29.1 Å². The van der Waals surface area contributed by atoms with E-state index in [1.54, 1.807) is 24.3 Å². The summed E-state index contributed by atoms with van der Waals surface area (Å²) in [6.45, 7) is 4.67. The lowest BCUT2D eigenvalue weighted by Crippen LogP contribution is -2.29. The minimum atomic E-state index is -0.136. The van der Waals surface area contributed by atoms with Crippen molar-refractivity contribution < 1.29 is 14.1 Å². The van der Waals surface area contributed by atoms with Gasteiger partial charge in [0.1, 0.15) is 5.76 Å². The number of hydrogen-bond acceptors (Lipinski definition) is 6. The van der Waals surface area contributed by atoms with Gasteiger partial charge in [0.15, 0.2) is 5.82 Å². The number of anilines is 1. The van der Waals surface area contributed by atoms with Crippen LogP contribution in [-0.4, -0.2) is 36.9 Å². The molecule has 2 unspecified atom stereocenters. The van der Waals surface area contributed by atoms with Crippen LogP contribution in [0.25, 0.3) is 0 Å². The summed E-state index contributed by atoms with van der Waals surface area (Å²) in [5.41, 5.74) is 0.690. The summed E-state index contributed by atoms with van der Waals surface area (Å²) in [5, 5.41) is 12.2. The predicted octanol–water partition coefficient (Wildman–Crippen LogP) is 3.17. The lowest BCUT2D eigenvalue weighted by Gasteiger charge is -2.22. The molecular weight excluding hydrogens is 338 g/mol. The lowest BCUT2D eigenvalue weighted by atomic mass is 10.0. The van der Waals surface area contributed by atoms with Crippen LogP contribution in [0.3, 0.4) is 0 Å². The van der Waals surface area contributed by atoms with Gasteiger partial charge in [-0.15, -0.1) is 11.3 Å². The zero-order valence-electron chi connectivity index (χ0n) is 14.3. The molecule has 2 N–H and O–H groups in total. The molecule has 3 heterocycles. The molecule has 25 heavy (non-hydrogen) atoms. The van der Waals surface area contributed by atoms with Gasteiger partial charge in [0, 0.05) is 41.5 Å². The maximum Gasteiger partial charge on any atom is 0.257 e. The molecule has 0 bridgehead atoms. The van der Waals surface area contributed by atoms with Crippen LogP contribution in [0.4, 0.5) is 5.82 Å². The summed E-state index contributed by atoms with van der Waals surface area (Å²) in [4.78, 5) is 13.6. The van der Waals surface area contributed by atoms with Crippen LogP contribution in [0.5, 0.6) is 0 Å². The standard InChI is InChI=1S/C18H23N3O3S/c1-11-6-17(21-24-11)20-18(22)13-7-16(25-10-13)14-8-15(14)19-9-12-2-4-23-5-3-12/h6-7,10,12,14-15,19H,2-5,8-9H2,1H3,(H,20,21,22). The number of amides is 1. The molecule has 2 aliphatic rings. The summed E-state index contributed by atoms with van der Waals surface area (Å²) in [7, 11) is 0. The SMILES string of the molecule is Cc1cc(NC(=O)c2csc(C3CC3NCC3CCOCC3)c2)no1. The van der Waals surface area contributed by atoms with E-state index in [1.165, 1.54) is 4.88 Å². The van der Waals surface area contributed by atoms with Gasteiger partial charge in [0.2, 0.25) is 0 Å². The van der Waals surface area contributed by atoms with Crippen molar-refractivity contribution in [3.05, 3.63) is 33.7 Å². The molecule has 7 heteroatoms. The fraction of sp³-hybridized carbons (Fsp3) is 0.556. The highest BCUT2D eigenvalue weighted by atomic mass is 32.1. The molecule has 1 aliphatic carbocycles. The normalized spacial score (nSPS) is 23.6. The Morgan fingerprint density at radius 2 is 2.20 bits per heavy atom. The molecule has 2 aromatic rings. The Morgan fingerprint density at radius 1 is 1.36 bits per heavy atom. The van der Waals surface area contributed by atoms with E-state index in [2.05, 4.69) is 15.8 Å². The minimum absolute atomic E-state index is 0.136. The minimum Gasteiger partial charge on any atom is -0.381 e. The van der Waals surface area contributed by atoms with Gasteiger partial charge in [-0.3, -0.25) is 4.79 Å². The highest BCUT2D eigenvalue weighted by molar-refractivity contribution is 7.10. The van der Waals surface area contributed by atoms with E-state index < -0.39 is 0 Å². The fourth-order valence-corrected chi connectivity index (χ4v) is 4.35. The van der Waals surface area contributed by atoms with Gasteiger partial charge in [-0.05, 0) is 44.7 Å². The third-order valence-corrected chi connectivity index (χ3v) is 5.98. The molecule has 1 aliphatic heterocycles. The molecular formula is C18H23N3O3S. The highest BCUT2D eigenvalue weighted by Gasteiger charge is 2.39. The van der Waals surface area contributed by atoms with Crippen molar-refractivity contribution in [3.8, 4) is 0 Å². The number of carbonyl (C=O) groups is 1. The first kappa shape index (κ1) is 16.8. The Kier molecular flexibility index (Phi) is 4.87. The van der Waals surface area contributed by atoms with Crippen molar-refractivity contribution >= 4 is 23.1 Å². The number of aryl methyl sites for hydroxylation is 1. The van der Waals surface area contributed by atoms with Gasteiger partial charge in [-0.25, -0.2) is 0 Å². The summed E-state index contributed by atoms with van der Waals surface area (Å²) in [6.07, 6.45) is 3.48. The topological polar surface area (TPSA) is 76.4 Å². The molecule has 2 aromatic heterocycles. The molecule has 2 atom stereocenters. The van der Waals surface area contributed by atoms with Crippen LogP contribution in [0, 0.1) is 12.8 Å². The molecule has 0 aromatic carbocycles. The van der Waals surface area contributed by atoms with Gasteiger partial charge in [0.25, 0.3) is 5.91 Å². The number of rotatable bonds is 6. The van der Waals surface area contributed by atoms with E-state index in [-0.39, 0.29) is 5.91 Å². The van der Waals surface area contributed by atoms with E-state index in [1.807, 2.05) is 11.4 Å². The summed E-state index contributed by atoms with van der Waals surface area (Å²) in [6, 6.07) is 4.27. The van der Waals surface area contributed by atoms with Crippen molar-refractivity contribution in [2.24, 2.45) is 5.92 Å².